The number of amides is 2. The van der Waals surface area contributed by atoms with Gasteiger partial charge in [0.2, 0.25) is 0 Å². The zero-order valence-corrected chi connectivity index (χ0v) is 41.8. The number of aryl methyl sites for hydroxylation is 2. The second-order valence-corrected chi connectivity index (χ2v) is 19.4. The van der Waals surface area contributed by atoms with E-state index in [4.69, 9.17) is 4.99 Å². The lowest BCUT2D eigenvalue weighted by atomic mass is 9.97. The number of carbonyl (C=O) groups excluding carboxylic acids is 2. The second-order valence-electron chi connectivity index (χ2n) is 19.4. The SMILES string of the molecule is CCCCCCCCCCCCc1ccc(N=C2NC(=O)c3cc(-c4ccc5c(c4)C(=O)N(c4ccccc4)C5=Nc4ccc(CCCCCCCCCCCC)c(C(F)(F)F)c4)ccc32)cc1C(F)(F)F. The van der Waals surface area contributed by atoms with Crippen LogP contribution in [0.15, 0.2) is 113 Å². The molecule has 2 amide bonds. The molecular weight excluding hydrogens is 923 g/mol. The molecule has 5 aromatic rings. The molecule has 0 aromatic heterocycles. The summed E-state index contributed by atoms with van der Waals surface area (Å²) in [6.45, 7) is 4.39. The molecule has 2 aliphatic heterocycles. The van der Waals surface area contributed by atoms with Crippen molar-refractivity contribution in [2.45, 2.75) is 167 Å². The minimum Gasteiger partial charge on any atom is -0.306 e. The molecule has 7 rings (SSSR count). The summed E-state index contributed by atoms with van der Waals surface area (Å²) in [4.78, 5) is 38.3. The van der Waals surface area contributed by atoms with E-state index in [9.17, 15) is 35.9 Å². The molecule has 0 unspecified atom stereocenters. The first kappa shape index (κ1) is 53.8. The molecule has 382 valence electrons. The maximum Gasteiger partial charge on any atom is 0.416 e. The van der Waals surface area contributed by atoms with Gasteiger partial charge in [-0.15, -0.1) is 0 Å². The van der Waals surface area contributed by atoms with E-state index in [0.717, 1.165) is 63.5 Å². The van der Waals surface area contributed by atoms with Gasteiger partial charge in [-0.05, 0) is 109 Å². The molecule has 72 heavy (non-hydrogen) atoms. The van der Waals surface area contributed by atoms with Gasteiger partial charge in [0.25, 0.3) is 11.8 Å². The Morgan fingerprint density at radius 2 is 0.903 bits per heavy atom. The van der Waals surface area contributed by atoms with Gasteiger partial charge in [0.1, 0.15) is 11.7 Å². The van der Waals surface area contributed by atoms with Crippen LogP contribution in [0.2, 0.25) is 0 Å². The lowest BCUT2D eigenvalue weighted by molar-refractivity contribution is -0.139. The first-order valence-electron chi connectivity index (χ1n) is 26.3. The van der Waals surface area contributed by atoms with Gasteiger partial charge in [0.15, 0.2) is 0 Å². The van der Waals surface area contributed by atoms with Gasteiger partial charge in [0, 0.05) is 11.1 Å². The lowest BCUT2D eigenvalue weighted by Crippen LogP contribution is -2.30. The van der Waals surface area contributed by atoms with Gasteiger partial charge >= 0.3 is 12.4 Å². The van der Waals surface area contributed by atoms with Crippen LogP contribution in [0, 0.1) is 0 Å². The first-order valence-corrected chi connectivity index (χ1v) is 26.3. The number of rotatable bonds is 26. The number of hydrogen-bond donors (Lipinski definition) is 1. The zero-order valence-electron chi connectivity index (χ0n) is 41.8. The number of halogens is 6. The van der Waals surface area contributed by atoms with Gasteiger partial charge in [-0.2, -0.15) is 26.3 Å². The molecule has 0 saturated heterocycles. The number of nitrogens with zero attached hydrogens (tertiary/aromatic N) is 3. The lowest BCUT2D eigenvalue weighted by Gasteiger charge is -2.18. The molecule has 5 aromatic carbocycles. The fraction of sp³-hybridized carbons (Fsp3) is 0.433. The van der Waals surface area contributed by atoms with Crippen molar-refractivity contribution in [3.8, 4) is 11.1 Å². The molecule has 0 atom stereocenters. The number of aliphatic imine (C=N–C) groups is 2. The highest BCUT2D eigenvalue weighted by atomic mass is 19.4. The zero-order chi connectivity index (χ0) is 51.1. The Balaban J connectivity index is 1.08. The Bertz CT molecular complexity index is 2690. The van der Waals surface area contributed by atoms with Gasteiger partial charge < -0.3 is 5.32 Å². The fourth-order valence-corrected chi connectivity index (χ4v) is 9.90. The van der Waals surface area contributed by atoms with E-state index in [-0.39, 0.29) is 45.3 Å². The van der Waals surface area contributed by atoms with Gasteiger partial charge in [0.05, 0.1) is 39.3 Å². The molecule has 6 nitrogen and oxygen atoms in total. The Kier molecular flexibility index (Phi) is 19.1. The second kappa shape index (κ2) is 25.6. The van der Waals surface area contributed by atoms with E-state index < -0.39 is 35.3 Å². The van der Waals surface area contributed by atoms with Crippen molar-refractivity contribution in [1.82, 2.24) is 5.32 Å². The first-order chi connectivity index (χ1) is 34.8. The van der Waals surface area contributed by atoms with Crippen molar-refractivity contribution in [2.24, 2.45) is 9.98 Å². The average molecular weight is 991 g/mol. The van der Waals surface area contributed by atoms with Crippen LogP contribution in [0.4, 0.5) is 43.4 Å². The summed E-state index contributed by atoms with van der Waals surface area (Å²) in [5, 5.41) is 2.72. The number of hydrogen-bond acceptors (Lipinski definition) is 4. The standard InChI is InChI=1S/C60H68F6N4O2/c1-3-5-7-9-11-13-15-17-19-22-26-42-30-34-46(40-53(42)59(61,62)63)67-55-49-36-32-44(38-51(49)57(71)69-55)45-33-37-50-52(39-45)58(72)70(48-28-24-21-25-29-48)56(50)68-47-35-31-43(54(41-47)60(64,65)66)27-23-20-18-16-14-12-10-8-6-4-2/h21,24-25,28-41H,3-20,22-23,26-27H2,1-2H3,(H,67,69,71). The highest BCUT2D eigenvalue weighted by Gasteiger charge is 2.38. The quantitative estimate of drug-likeness (QED) is 0.0443. The van der Waals surface area contributed by atoms with Crippen molar-refractivity contribution in [3.63, 3.8) is 0 Å². The summed E-state index contributed by atoms with van der Waals surface area (Å²) < 4.78 is 86.9. The fourth-order valence-electron chi connectivity index (χ4n) is 9.90. The number of nitrogens with one attached hydrogen (secondary N) is 1. The topological polar surface area (TPSA) is 74.1 Å². The van der Waals surface area contributed by atoms with Crippen LogP contribution in [0.25, 0.3) is 11.1 Å². The number of anilines is 1. The minimum atomic E-state index is -4.60. The third-order valence-corrected chi connectivity index (χ3v) is 13.9. The third kappa shape index (κ3) is 14.1. The Hall–Kier alpha value is -6.04. The highest BCUT2D eigenvalue weighted by Crippen LogP contribution is 2.39. The molecule has 12 heteroatoms. The average Bonchev–Trinajstić information content (AvgIpc) is 3.82. The molecule has 0 radical (unpaired) electrons. The van der Waals surface area contributed by atoms with Crippen molar-refractivity contribution >= 4 is 40.5 Å². The van der Waals surface area contributed by atoms with Crippen LogP contribution in [0.1, 0.15) is 196 Å². The molecule has 2 aliphatic rings. The van der Waals surface area contributed by atoms with Crippen LogP contribution in [0.3, 0.4) is 0 Å². The summed E-state index contributed by atoms with van der Waals surface area (Å²) in [5.41, 5.74) is 2.14. The van der Waals surface area contributed by atoms with Crippen molar-refractivity contribution in [3.05, 3.63) is 148 Å². The number of alkyl halides is 6. The Morgan fingerprint density at radius 1 is 0.458 bits per heavy atom. The highest BCUT2D eigenvalue weighted by molar-refractivity contribution is 6.36. The summed E-state index contributed by atoms with van der Waals surface area (Å²) in [5.74, 6) is -0.598. The maximum absolute atomic E-state index is 14.6. The smallest absolute Gasteiger partial charge is 0.306 e. The van der Waals surface area contributed by atoms with Crippen LogP contribution < -0.4 is 10.2 Å². The number of para-hydroxylation sites is 1. The van der Waals surface area contributed by atoms with Crippen LogP contribution >= 0.6 is 0 Å². The Labute approximate surface area is 421 Å². The summed E-state index contributed by atoms with van der Waals surface area (Å²) in [6.07, 6.45) is 13.3. The van der Waals surface area contributed by atoms with E-state index in [0.29, 0.717) is 53.6 Å². The predicted octanol–water partition coefficient (Wildman–Crippen LogP) is 17.9. The van der Waals surface area contributed by atoms with Crippen LogP contribution in [0.5, 0.6) is 0 Å². The molecule has 0 fully saturated rings. The molecule has 0 saturated carbocycles. The van der Waals surface area contributed by atoms with Gasteiger partial charge in [-0.25, -0.2) is 9.98 Å². The molecule has 0 aliphatic carbocycles. The van der Waals surface area contributed by atoms with Crippen LogP contribution in [-0.2, 0) is 25.2 Å². The van der Waals surface area contributed by atoms with Gasteiger partial charge in [-0.3, -0.25) is 14.5 Å². The van der Waals surface area contributed by atoms with Crippen LogP contribution in [-0.4, -0.2) is 23.5 Å². The number of amidine groups is 2. The molecule has 0 bridgehead atoms. The number of carbonyl (C=O) groups is 2. The Morgan fingerprint density at radius 3 is 1.39 bits per heavy atom. The maximum atomic E-state index is 14.6. The largest absolute Gasteiger partial charge is 0.416 e. The molecule has 1 N–H and O–H groups in total. The predicted molar refractivity (Wildman–Crippen MR) is 279 cm³/mol. The van der Waals surface area contributed by atoms with E-state index >= 15 is 0 Å². The molecule has 0 spiro atoms. The van der Waals surface area contributed by atoms with E-state index in [2.05, 4.69) is 24.2 Å². The normalized spacial score (nSPS) is 14.7. The third-order valence-electron chi connectivity index (χ3n) is 13.9. The number of unbranched alkanes of at least 4 members (excludes halogenated alkanes) is 18. The minimum absolute atomic E-state index is 0.0619. The van der Waals surface area contributed by atoms with Crippen molar-refractivity contribution in [1.29, 1.82) is 0 Å². The van der Waals surface area contributed by atoms with Crippen molar-refractivity contribution < 1.29 is 35.9 Å². The molecule has 2 heterocycles. The number of fused-ring (bicyclic) bond motifs is 2. The van der Waals surface area contributed by atoms with Gasteiger partial charge in [-0.1, -0.05) is 172 Å². The summed E-state index contributed by atoms with van der Waals surface area (Å²) in [6, 6.07) is 27.2. The van der Waals surface area contributed by atoms with E-state index in [1.807, 2.05) is 0 Å². The summed E-state index contributed by atoms with van der Waals surface area (Å²) in [7, 11) is 0. The van der Waals surface area contributed by atoms with E-state index in [1.165, 1.54) is 81.2 Å². The van der Waals surface area contributed by atoms with E-state index in [1.54, 1.807) is 78.9 Å². The molecular formula is C60H68F6N4O2. The monoisotopic (exact) mass is 991 g/mol. The summed E-state index contributed by atoms with van der Waals surface area (Å²) >= 11 is 0. The number of benzene rings is 5. The van der Waals surface area contributed by atoms with Crippen molar-refractivity contribution in [2.75, 3.05) is 4.90 Å².